The molecular weight excluding hydrogens is 294 g/mol. The van der Waals surface area contributed by atoms with E-state index in [0.717, 1.165) is 30.7 Å². The first-order valence-electron chi connectivity index (χ1n) is 9.98. The van der Waals surface area contributed by atoms with Gasteiger partial charge in [0.15, 0.2) is 0 Å². The summed E-state index contributed by atoms with van der Waals surface area (Å²) >= 11 is 0. The Kier molecular flexibility index (Phi) is 7.16. The standard InChI is InChI=1S/C22H37NO/c1-6-22(7-2,8-3)20-9-11-21(12-10-20)24-14-13-23-16-18(4)15-19(5)17-23/h9-12,18-19H,6-8,13-17H2,1-5H3. The fraction of sp³-hybridized carbons (Fsp3) is 0.727. The highest BCUT2D eigenvalue weighted by Crippen LogP contribution is 2.35. The third-order valence-corrected chi connectivity index (χ3v) is 6.12. The number of nitrogens with zero attached hydrogens (tertiary/aromatic N) is 1. The molecule has 0 amide bonds. The quantitative estimate of drug-likeness (QED) is 0.622. The van der Waals surface area contributed by atoms with E-state index in [-0.39, 0.29) is 0 Å². The van der Waals surface area contributed by atoms with E-state index in [1.807, 2.05) is 0 Å². The van der Waals surface area contributed by atoms with Crippen LogP contribution in [0, 0.1) is 11.8 Å². The molecule has 1 aromatic rings. The van der Waals surface area contributed by atoms with Gasteiger partial charge in [0.25, 0.3) is 0 Å². The molecule has 0 spiro atoms. The van der Waals surface area contributed by atoms with Crippen LogP contribution in [0.25, 0.3) is 0 Å². The maximum atomic E-state index is 6.01. The average molecular weight is 332 g/mol. The van der Waals surface area contributed by atoms with E-state index in [1.54, 1.807) is 0 Å². The predicted octanol–water partition coefficient (Wildman–Crippen LogP) is 5.51. The van der Waals surface area contributed by atoms with E-state index in [2.05, 4.69) is 63.8 Å². The van der Waals surface area contributed by atoms with Gasteiger partial charge in [-0.3, -0.25) is 4.90 Å². The molecule has 136 valence electrons. The Morgan fingerprint density at radius 2 is 1.50 bits per heavy atom. The molecule has 0 aromatic heterocycles. The third kappa shape index (κ3) is 4.75. The number of hydrogen-bond acceptors (Lipinski definition) is 2. The van der Waals surface area contributed by atoms with Crippen LogP contribution in [0.2, 0.25) is 0 Å². The van der Waals surface area contributed by atoms with Crippen LogP contribution in [0.5, 0.6) is 5.75 Å². The summed E-state index contributed by atoms with van der Waals surface area (Å²) in [5.74, 6) is 2.64. The summed E-state index contributed by atoms with van der Waals surface area (Å²) in [4.78, 5) is 2.56. The Morgan fingerprint density at radius 3 is 2.00 bits per heavy atom. The molecule has 1 fully saturated rings. The maximum Gasteiger partial charge on any atom is 0.119 e. The lowest BCUT2D eigenvalue weighted by atomic mass is 9.74. The molecule has 2 unspecified atom stereocenters. The zero-order valence-corrected chi connectivity index (χ0v) is 16.5. The van der Waals surface area contributed by atoms with Gasteiger partial charge in [0.2, 0.25) is 0 Å². The SMILES string of the molecule is CCC(CC)(CC)c1ccc(OCCN2CC(C)CC(C)C2)cc1. The first kappa shape index (κ1) is 19.3. The first-order valence-corrected chi connectivity index (χ1v) is 9.98. The Hall–Kier alpha value is -1.02. The van der Waals surface area contributed by atoms with E-state index in [1.165, 1.54) is 44.3 Å². The second kappa shape index (κ2) is 8.89. The summed E-state index contributed by atoms with van der Waals surface area (Å²) in [6.07, 6.45) is 4.97. The molecule has 24 heavy (non-hydrogen) atoms. The van der Waals surface area contributed by atoms with Crippen LogP contribution in [0.15, 0.2) is 24.3 Å². The molecule has 1 saturated heterocycles. The normalized spacial score (nSPS) is 22.5. The van der Waals surface area contributed by atoms with Gasteiger partial charge in [-0.15, -0.1) is 0 Å². The van der Waals surface area contributed by atoms with Gasteiger partial charge < -0.3 is 4.74 Å². The van der Waals surface area contributed by atoms with Crippen molar-refractivity contribution in [2.45, 2.75) is 65.7 Å². The summed E-state index contributed by atoms with van der Waals surface area (Å²) in [6, 6.07) is 8.87. The van der Waals surface area contributed by atoms with Crippen molar-refractivity contribution >= 4 is 0 Å². The molecule has 2 heteroatoms. The van der Waals surface area contributed by atoms with Gasteiger partial charge in [0, 0.05) is 19.6 Å². The van der Waals surface area contributed by atoms with Gasteiger partial charge in [-0.2, -0.15) is 0 Å². The number of rotatable bonds is 8. The van der Waals surface area contributed by atoms with Crippen LogP contribution < -0.4 is 4.74 Å². The molecule has 2 rings (SSSR count). The third-order valence-electron chi connectivity index (χ3n) is 6.12. The lowest BCUT2D eigenvalue weighted by molar-refractivity contribution is 0.120. The number of ether oxygens (including phenoxy) is 1. The first-order chi connectivity index (χ1) is 11.5. The summed E-state index contributed by atoms with van der Waals surface area (Å²) in [6.45, 7) is 15.9. The molecule has 0 aliphatic carbocycles. The van der Waals surface area contributed by atoms with Gasteiger partial charge in [-0.25, -0.2) is 0 Å². The number of benzene rings is 1. The second-order valence-corrected chi connectivity index (χ2v) is 7.92. The molecule has 1 aromatic carbocycles. The van der Waals surface area contributed by atoms with Crippen LogP contribution in [-0.4, -0.2) is 31.1 Å². The van der Waals surface area contributed by atoms with Gasteiger partial charge in [0.1, 0.15) is 12.4 Å². The second-order valence-electron chi connectivity index (χ2n) is 7.92. The molecule has 0 bridgehead atoms. The zero-order chi connectivity index (χ0) is 17.6. The summed E-state index contributed by atoms with van der Waals surface area (Å²) in [7, 11) is 0. The minimum Gasteiger partial charge on any atom is -0.492 e. The minimum absolute atomic E-state index is 0.332. The smallest absolute Gasteiger partial charge is 0.119 e. The molecule has 0 saturated carbocycles. The molecule has 2 nitrogen and oxygen atoms in total. The highest BCUT2D eigenvalue weighted by atomic mass is 16.5. The van der Waals surface area contributed by atoms with Crippen LogP contribution in [-0.2, 0) is 5.41 Å². The Labute approximate surface area is 149 Å². The predicted molar refractivity (Wildman–Crippen MR) is 104 cm³/mol. The number of hydrogen-bond donors (Lipinski definition) is 0. The Balaban J connectivity index is 1.86. The molecule has 0 N–H and O–H groups in total. The van der Waals surface area contributed by atoms with Crippen molar-refractivity contribution in [3.05, 3.63) is 29.8 Å². The molecule has 1 aliphatic rings. The topological polar surface area (TPSA) is 12.5 Å². The Morgan fingerprint density at radius 1 is 0.958 bits per heavy atom. The van der Waals surface area contributed by atoms with Crippen LogP contribution in [0.4, 0.5) is 0 Å². The van der Waals surface area contributed by atoms with E-state index in [4.69, 9.17) is 4.74 Å². The van der Waals surface area contributed by atoms with Gasteiger partial charge >= 0.3 is 0 Å². The lowest BCUT2D eigenvalue weighted by Crippen LogP contribution is -2.40. The van der Waals surface area contributed by atoms with E-state index >= 15 is 0 Å². The summed E-state index contributed by atoms with van der Waals surface area (Å²) < 4.78 is 6.01. The zero-order valence-electron chi connectivity index (χ0n) is 16.5. The van der Waals surface area contributed by atoms with Crippen molar-refractivity contribution in [3.63, 3.8) is 0 Å². The maximum absolute atomic E-state index is 6.01. The fourth-order valence-corrected chi connectivity index (χ4v) is 4.53. The number of piperidine rings is 1. The van der Waals surface area contributed by atoms with Crippen molar-refractivity contribution in [1.29, 1.82) is 0 Å². The molecule has 0 radical (unpaired) electrons. The van der Waals surface area contributed by atoms with Crippen molar-refractivity contribution < 1.29 is 4.74 Å². The van der Waals surface area contributed by atoms with E-state index in [9.17, 15) is 0 Å². The average Bonchev–Trinajstić information content (AvgIpc) is 2.57. The van der Waals surface area contributed by atoms with Gasteiger partial charge in [-0.05, 0) is 60.6 Å². The minimum atomic E-state index is 0.332. The molecular formula is C22H37NO. The molecule has 1 heterocycles. The van der Waals surface area contributed by atoms with E-state index in [0.29, 0.717) is 5.41 Å². The van der Waals surface area contributed by atoms with Crippen molar-refractivity contribution in [1.82, 2.24) is 4.90 Å². The van der Waals surface area contributed by atoms with Crippen LogP contribution in [0.3, 0.4) is 0 Å². The van der Waals surface area contributed by atoms with Crippen LogP contribution in [0.1, 0.15) is 65.9 Å². The molecule has 2 atom stereocenters. The monoisotopic (exact) mass is 331 g/mol. The summed E-state index contributed by atoms with van der Waals surface area (Å²) in [5.41, 5.74) is 1.79. The largest absolute Gasteiger partial charge is 0.492 e. The van der Waals surface area contributed by atoms with Crippen molar-refractivity contribution in [2.24, 2.45) is 11.8 Å². The van der Waals surface area contributed by atoms with Crippen LogP contribution >= 0.6 is 0 Å². The van der Waals surface area contributed by atoms with E-state index < -0.39 is 0 Å². The summed E-state index contributed by atoms with van der Waals surface area (Å²) in [5, 5.41) is 0. The highest BCUT2D eigenvalue weighted by molar-refractivity contribution is 5.32. The van der Waals surface area contributed by atoms with Gasteiger partial charge in [0.05, 0.1) is 0 Å². The van der Waals surface area contributed by atoms with Crippen molar-refractivity contribution in [2.75, 3.05) is 26.2 Å². The van der Waals surface area contributed by atoms with Gasteiger partial charge in [-0.1, -0.05) is 46.8 Å². The highest BCUT2D eigenvalue weighted by Gasteiger charge is 2.26. The number of likely N-dealkylation sites (tertiary alicyclic amines) is 1. The Bertz CT molecular complexity index is 459. The lowest BCUT2D eigenvalue weighted by Gasteiger charge is -2.34. The fourth-order valence-electron chi connectivity index (χ4n) is 4.53. The van der Waals surface area contributed by atoms with Crippen molar-refractivity contribution in [3.8, 4) is 5.75 Å². The molecule has 1 aliphatic heterocycles.